The highest BCUT2D eigenvalue weighted by Gasteiger charge is 2.29. The van der Waals surface area contributed by atoms with Crippen LogP contribution in [0.3, 0.4) is 0 Å². The lowest BCUT2D eigenvalue weighted by molar-refractivity contribution is -0.123. The number of benzene rings is 2. The molecule has 0 aliphatic carbocycles. The Balaban J connectivity index is 1.67. The third-order valence-corrected chi connectivity index (χ3v) is 5.15. The van der Waals surface area contributed by atoms with Crippen LogP contribution in [-0.4, -0.2) is 36.7 Å². The molecule has 2 aromatic rings. The van der Waals surface area contributed by atoms with Crippen LogP contribution in [0.1, 0.15) is 18.1 Å². The maximum atomic E-state index is 14.0. The van der Waals surface area contributed by atoms with Crippen molar-refractivity contribution >= 4 is 35.3 Å². The number of hydrogen-bond donors (Lipinski definition) is 3. The molecule has 1 aliphatic rings. The fourth-order valence-electron chi connectivity index (χ4n) is 2.73. The van der Waals surface area contributed by atoms with Crippen LogP contribution in [0, 0.1) is 5.82 Å². The number of carbonyl (C=O) groups is 1. The minimum atomic E-state index is -0.733. The maximum Gasteiger partial charge on any atom is 0.254 e. The molecule has 3 N–H and O–H groups in total. The van der Waals surface area contributed by atoms with Crippen LogP contribution in [0.5, 0.6) is 11.5 Å². The fraction of sp³-hybridized carbons (Fsp3) is 0.300. The zero-order valence-electron chi connectivity index (χ0n) is 16.1. The Labute approximate surface area is 183 Å². The van der Waals surface area contributed by atoms with Gasteiger partial charge in [0.1, 0.15) is 17.8 Å². The third kappa shape index (κ3) is 5.53. The van der Waals surface area contributed by atoms with Crippen LogP contribution in [0.15, 0.2) is 41.5 Å². The molecule has 0 radical (unpaired) electrons. The number of alkyl halides is 1. The fourth-order valence-corrected chi connectivity index (χ4v) is 3.15. The van der Waals surface area contributed by atoms with Crippen molar-refractivity contribution in [3.8, 4) is 11.5 Å². The van der Waals surface area contributed by atoms with E-state index >= 15 is 0 Å². The number of carbonyl (C=O) groups excluding carboxylic acids is 1. The van der Waals surface area contributed by atoms with Crippen molar-refractivity contribution in [3.05, 3.63) is 58.4 Å². The number of rotatable bonds is 8. The van der Waals surface area contributed by atoms with E-state index in [1.54, 1.807) is 30.5 Å². The first-order valence-corrected chi connectivity index (χ1v) is 10.1. The summed E-state index contributed by atoms with van der Waals surface area (Å²) in [5, 5.41) is 3.72. The smallest absolute Gasteiger partial charge is 0.254 e. The Kier molecular flexibility index (Phi) is 7.73. The van der Waals surface area contributed by atoms with Gasteiger partial charge in [0.15, 0.2) is 11.5 Å². The molecule has 7 nitrogen and oxygen atoms in total. The first-order valence-electron chi connectivity index (χ1n) is 9.27. The lowest BCUT2D eigenvalue weighted by Crippen LogP contribution is -2.59. The summed E-state index contributed by atoms with van der Waals surface area (Å²) in [5.41, 5.74) is 9.07. The average Bonchev–Trinajstić information content (AvgIpc) is 2.72. The zero-order chi connectivity index (χ0) is 21.5. The molecule has 160 valence electrons. The SMILES string of the molecule is CCOc1cc(/C=N/NC2CNNC(=O)C2Cl)ccc1OCc1c(F)cccc1Cl. The number of amides is 1. The van der Waals surface area contributed by atoms with Crippen molar-refractivity contribution in [3.63, 3.8) is 0 Å². The van der Waals surface area contributed by atoms with Crippen LogP contribution >= 0.6 is 23.2 Å². The molecule has 2 atom stereocenters. The summed E-state index contributed by atoms with van der Waals surface area (Å²) in [7, 11) is 0. The van der Waals surface area contributed by atoms with E-state index in [-0.39, 0.29) is 24.1 Å². The van der Waals surface area contributed by atoms with Crippen LogP contribution in [0.2, 0.25) is 5.02 Å². The normalized spacial score (nSPS) is 18.9. The zero-order valence-corrected chi connectivity index (χ0v) is 17.6. The van der Waals surface area contributed by atoms with Crippen molar-refractivity contribution in [1.82, 2.24) is 16.3 Å². The van der Waals surface area contributed by atoms with E-state index in [4.69, 9.17) is 32.7 Å². The molecule has 3 rings (SSSR count). The number of nitrogens with one attached hydrogen (secondary N) is 3. The Hall–Kier alpha value is -2.55. The highest BCUT2D eigenvalue weighted by molar-refractivity contribution is 6.31. The van der Waals surface area contributed by atoms with Crippen LogP contribution in [0.25, 0.3) is 0 Å². The summed E-state index contributed by atoms with van der Waals surface area (Å²) < 4.78 is 25.3. The molecule has 0 saturated carbocycles. The van der Waals surface area contributed by atoms with Gasteiger partial charge in [0.25, 0.3) is 5.91 Å². The summed E-state index contributed by atoms with van der Waals surface area (Å²) >= 11 is 12.1. The van der Waals surface area contributed by atoms with Gasteiger partial charge in [0, 0.05) is 12.1 Å². The van der Waals surface area contributed by atoms with E-state index in [0.29, 0.717) is 29.7 Å². The molecule has 1 saturated heterocycles. The van der Waals surface area contributed by atoms with Gasteiger partial charge in [-0.3, -0.25) is 10.2 Å². The van der Waals surface area contributed by atoms with E-state index in [9.17, 15) is 9.18 Å². The lowest BCUT2D eigenvalue weighted by atomic mass is 10.2. The first kappa shape index (κ1) is 22.1. The van der Waals surface area contributed by atoms with E-state index < -0.39 is 11.2 Å². The van der Waals surface area contributed by atoms with Gasteiger partial charge in [-0.15, -0.1) is 11.6 Å². The van der Waals surface area contributed by atoms with Crippen molar-refractivity contribution in [2.75, 3.05) is 13.2 Å². The maximum absolute atomic E-state index is 14.0. The molecule has 1 aliphatic heterocycles. The molecule has 1 amide bonds. The predicted octanol–water partition coefficient (Wildman–Crippen LogP) is 2.99. The topological polar surface area (TPSA) is 84.0 Å². The Morgan fingerprint density at radius 1 is 1.30 bits per heavy atom. The van der Waals surface area contributed by atoms with Crippen molar-refractivity contribution in [2.24, 2.45) is 5.10 Å². The molecule has 0 bridgehead atoms. The van der Waals surface area contributed by atoms with Crippen LogP contribution in [0.4, 0.5) is 4.39 Å². The number of ether oxygens (including phenoxy) is 2. The molecule has 1 fully saturated rings. The van der Waals surface area contributed by atoms with Crippen molar-refractivity contribution < 1.29 is 18.7 Å². The highest BCUT2D eigenvalue weighted by atomic mass is 35.5. The van der Waals surface area contributed by atoms with E-state index in [1.165, 1.54) is 12.1 Å². The number of hydrazine groups is 1. The molecule has 1 heterocycles. The minimum Gasteiger partial charge on any atom is -0.490 e. The molecule has 0 aromatic heterocycles. The minimum absolute atomic E-state index is 0.0333. The molecule has 10 heteroatoms. The summed E-state index contributed by atoms with van der Waals surface area (Å²) in [6.07, 6.45) is 1.58. The molecule has 2 unspecified atom stereocenters. The number of hydrogen-bond acceptors (Lipinski definition) is 6. The average molecular weight is 455 g/mol. The summed E-state index contributed by atoms with van der Waals surface area (Å²) in [6.45, 7) is 2.68. The van der Waals surface area contributed by atoms with Gasteiger partial charge in [-0.05, 0) is 42.8 Å². The van der Waals surface area contributed by atoms with Gasteiger partial charge in [-0.25, -0.2) is 9.82 Å². The van der Waals surface area contributed by atoms with Gasteiger partial charge in [-0.1, -0.05) is 17.7 Å². The lowest BCUT2D eigenvalue weighted by Gasteiger charge is -2.26. The third-order valence-electron chi connectivity index (χ3n) is 4.29. The van der Waals surface area contributed by atoms with Gasteiger partial charge in [0.2, 0.25) is 0 Å². The van der Waals surface area contributed by atoms with E-state index in [1.807, 2.05) is 6.92 Å². The van der Waals surface area contributed by atoms with E-state index in [0.717, 1.165) is 5.56 Å². The van der Waals surface area contributed by atoms with Crippen molar-refractivity contribution in [1.29, 1.82) is 0 Å². The molecular weight excluding hydrogens is 434 g/mol. The second-order valence-electron chi connectivity index (χ2n) is 6.39. The summed E-state index contributed by atoms with van der Waals surface area (Å²) in [6, 6.07) is 9.36. The number of hydrazone groups is 1. The Morgan fingerprint density at radius 2 is 2.13 bits per heavy atom. The largest absolute Gasteiger partial charge is 0.490 e. The van der Waals surface area contributed by atoms with Crippen molar-refractivity contribution in [2.45, 2.75) is 24.9 Å². The summed E-state index contributed by atoms with van der Waals surface area (Å²) in [5.74, 6) is 0.197. The van der Waals surface area contributed by atoms with Crippen LogP contribution in [-0.2, 0) is 11.4 Å². The number of halogens is 3. The summed E-state index contributed by atoms with van der Waals surface area (Å²) in [4.78, 5) is 11.5. The van der Waals surface area contributed by atoms with Crippen LogP contribution < -0.4 is 25.8 Å². The Bertz CT molecular complexity index is 909. The van der Waals surface area contributed by atoms with Gasteiger partial charge in [0.05, 0.1) is 23.9 Å². The number of nitrogens with zero attached hydrogens (tertiary/aromatic N) is 1. The first-order chi connectivity index (χ1) is 14.5. The van der Waals surface area contributed by atoms with Gasteiger partial charge < -0.3 is 14.9 Å². The quantitative estimate of drug-likeness (QED) is 0.324. The highest BCUT2D eigenvalue weighted by Crippen LogP contribution is 2.30. The monoisotopic (exact) mass is 454 g/mol. The predicted molar refractivity (Wildman–Crippen MR) is 114 cm³/mol. The second-order valence-corrected chi connectivity index (χ2v) is 7.27. The van der Waals surface area contributed by atoms with Gasteiger partial charge >= 0.3 is 0 Å². The van der Waals surface area contributed by atoms with Gasteiger partial charge in [-0.2, -0.15) is 5.10 Å². The second kappa shape index (κ2) is 10.5. The molecule has 2 aromatic carbocycles. The molecule has 30 heavy (non-hydrogen) atoms. The molecule has 0 spiro atoms. The van der Waals surface area contributed by atoms with E-state index in [2.05, 4.69) is 21.4 Å². The molecular formula is C20H21Cl2FN4O3. The Morgan fingerprint density at radius 3 is 2.90 bits per heavy atom. The standard InChI is InChI=1S/C20H21Cl2FN4O3/c1-2-29-18-8-12(9-24-26-16-10-25-27-20(28)19(16)22)6-7-17(18)30-11-13-14(21)4-3-5-15(13)23/h3-9,16,19,25-26H,2,10-11H2,1H3,(H,27,28)/b24-9+.